The van der Waals surface area contributed by atoms with Crippen LogP contribution in [0, 0.1) is 5.92 Å². The molecule has 0 spiro atoms. The van der Waals surface area contributed by atoms with Gasteiger partial charge in [0, 0.05) is 36.2 Å². The molecule has 0 unspecified atom stereocenters. The number of hydrogen-bond donors (Lipinski definition) is 12. The van der Waals surface area contributed by atoms with Crippen LogP contribution in [0.3, 0.4) is 0 Å². The third-order valence-electron chi connectivity index (χ3n) is 7.26. The van der Waals surface area contributed by atoms with Crippen molar-refractivity contribution in [1.82, 2.24) is 41.9 Å². The summed E-state index contributed by atoms with van der Waals surface area (Å²) >= 11 is 8.02. The molecule has 0 fully saturated rings. The second-order valence-electron chi connectivity index (χ2n) is 11.6. The lowest BCUT2D eigenvalue weighted by molar-refractivity contribution is -0.135. The number of nitrogens with zero attached hydrogens (tertiary/aromatic N) is 1. The third-order valence-corrected chi connectivity index (χ3v) is 7.99. The number of aromatic amines is 1. The van der Waals surface area contributed by atoms with Gasteiger partial charge in [-0.1, -0.05) is 26.0 Å². The van der Waals surface area contributed by atoms with Crippen LogP contribution in [0.5, 0.6) is 5.75 Å². The summed E-state index contributed by atoms with van der Waals surface area (Å²) in [6, 6.07) is -1.49. The number of hydrogen-bond acceptors (Lipinski definition) is 11. The Morgan fingerprint density at radius 3 is 1.80 bits per heavy atom. The van der Waals surface area contributed by atoms with Gasteiger partial charge in [-0.3, -0.25) is 28.8 Å². The Bertz CT molecular complexity index is 1490. The number of aromatic hydroxyl groups is 1. The van der Waals surface area contributed by atoms with E-state index in [1.807, 2.05) is 5.32 Å². The van der Waals surface area contributed by atoms with E-state index in [1.54, 1.807) is 26.0 Å². The van der Waals surface area contributed by atoms with E-state index in [-0.39, 0.29) is 30.1 Å². The zero-order valence-corrected chi connectivity index (χ0v) is 29.3. The molecule has 0 saturated carbocycles. The first-order valence-corrected chi connectivity index (χ1v) is 16.6. The van der Waals surface area contributed by atoms with Gasteiger partial charge >= 0.3 is 6.09 Å². The zero-order chi connectivity index (χ0) is 37.5. The summed E-state index contributed by atoms with van der Waals surface area (Å²) in [6.07, 6.45) is 1.16. The number of nitrogens with two attached hydrogens (primary N) is 1. The molecule has 1 aromatic carbocycles. The maximum absolute atomic E-state index is 13.5. The van der Waals surface area contributed by atoms with E-state index in [9.17, 15) is 38.7 Å². The van der Waals surface area contributed by atoms with Crippen LogP contribution in [-0.2, 0) is 41.6 Å². The Labute approximate surface area is 298 Å². The number of imidazole rings is 1. The summed E-state index contributed by atoms with van der Waals surface area (Å²) in [5.74, 6) is -5.57. The molecule has 18 nitrogen and oxygen atoms in total. The highest BCUT2D eigenvalue weighted by Crippen LogP contribution is 2.13. The van der Waals surface area contributed by atoms with E-state index in [0.29, 0.717) is 11.3 Å². The maximum atomic E-state index is 13.5. The standard InChI is InChI=1S/C30H43N9O9S2/c1-14(2)23(29(46)36-19(8-16-4-6-18(40)7-5-16)27(44)37-21(11-49)24(31)41)39-25(42)15(3)34-26(43)20(9-17-10-32-13-33-17)35-28(45)22(12-50)38-30(47)48/h4-7,10,13-15,19-23,38,40,49-50H,8-9,11-12H2,1-3H3,(H2,31,41)(H,32,33)(H,34,43)(H,35,45)(H,36,46)(H,37,44)(H,39,42)(H,47,48)/t15-,19-,20-,21-,22-,23-/m0/s1. The van der Waals surface area contributed by atoms with E-state index < -0.39 is 83.7 Å². The van der Waals surface area contributed by atoms with Crippen LogP contribution in [0.1, 0.15) is 32.0 Å². The molecule has 274 valence electrons. The molecule has 0 aliphatic heterocycles. The summed E-state index contributed by atoms with van der Waals surface area (Å²) in [5, 5.41) is 33.2. The molecule has 11 N–H and O–H groups in total. The number of phenols is 1. The molecule has 1 aromatic heterocycles. The number of rotatable bonds is 19. The van der Waals surface area contributed by atoms with Crippen molar-refractivity contribution in [2.75, 3.05) is 11.5 Å². The van der Waals surface area contributed by atoms with Gasteiger partial charge in [0.2, 0.25) is 35.4 Å². The summed E-state index contributed by atoms with van der Waals surface area (Å²) in [5.41, 5.74) is 6.35. The van der Waals surface area contributed by atoms with Gasteiger partial charge in [0.15, 0.2) is 0 Å². The summed E-state index contributed by atoms with van der Waals surface area (Å²) in [7, 11) is 0. The molecule has 0 radical (unpaired) electrons. The SMILES string of the molecule is CC(C)[C@H](NC(=O)[C@H](C)NC(=O)[C@H](Cc1cnc[nH]1)NC(=O)[C@H](CS)NC(=O)O)C(=O)N[C@@H](Cc1ccc(O)cc1)C(=O)N[C@@H](CS)C(N)=O. The number of phenolic OH excluding ortho intramolecular Hbond substituents is 1. The lowest BCUT2D eigenvalue weighted by atomic mass is 10.0. The molecule has 6 atom stereocenters. The number of carbonyl (C=O) groups is 7. The summed E-state index contributed by atoms with van der Waals surface area (Å²) in [6.45, 7) is 4.64. The summed E-state index contributed by atoms with van der Waals surface area (Å²) in [4.78, 5) is 95.6. The molecular formula is C30H43N9O9S2. The first-order valence-electron chi connectivity index (χ1n) is 15.3. The fraction of sp³-hybridized carbons (Fsp3) is 0.467. The number of amides is 7. The number of aromatic nitrogens is 2. The Morgan fingerprint density at radius 2 is 1.28 bits per heavy atom. The Hall–Kier alpha value is -4.98. The van der Waals surface area contributed by atoms with Crippen LogP contribution in [0.4, 0.5) is 4.79 Å². The van der Waals surface area contributed by atoms with Crippen molar-refractivity contribution in [3.63, 3.8) is 0 Å². The second-order valence-corrected chi connectivity index (χ2v) is 12.3. The van der Waals surface area contributed by atoms with Gasteiger partial charge in [-0.15, -0.1) is 0 Å². The number of H-pyrrole nitrogens is 1. The minimum absolute atomic E-state index is 0.0153. The van der Waals surface area contributed by atoms with E-state index >= 15 is 0 Å². The van der Waals surface area contributed by atoms with Gasteiger partial charge in [0.05, 0.1) is 6.33 Å². The van der Waals surface area contributed by atoms with Crippen molar-refractivity contribution in [2.45, 2.75) is 69.9 Å². The average molecular weight is 738 g/mol. The smallest absolute Gasteiger partial charge is 0.405 e. The van der Waals surface area contributed by atoms with Crippen molar-refractivity contribution in [1.29, 1.82) is 0 Å². The number of nitrogens with one attached hydrogen (secondary N) is 7. The highest BCUT2D eigenvalue weighted by atomic mass is 32.1. The largest absolute Gasteiger partial charge is 0.508 e. The molecule has 50 heavy (non-hydrogen) atoms. The lowest BCUT2D eigenvalue weighted by Crippen LogP contribution is -2.60. The number of benzene rings is 1. The normalized spacial score (nSPS) is 14.5. The molecule has 2 rings (SSSR count). The van der Waals surface area contributed by atoms with Crippen LogP contribution in [0.25, 0.3) is 0 Å². The third kappa shape index (κ3) is 13.1. The van der Waals surface area contributed by atoms with Gasteiger partial charge in [-0.25, -0.2) is 9.78 Å². The predicted octanol–water partition coefficient (Wildman–Crippen LogP) is -2.02. The summed E-state index contributed by atoms with van der Waals surface area (Å²) < 4.78 is 0. The van der Waals surface area contributed by atoms with Crippen molar-refractivity contribution >= 4 is 66.8 Å². The first-order chi connectivity index (χ1) is 23.6. The number of carbonyl (C=O) groups excluding carboxylic acids is 6. The minimum atomic E-state index is -1.47. The fourth-order valence-electron chi connectivity index (χ4n) is 4.45. The van der Waals surface area contributed by atoms with Gasteiger partial charge in [-0.2, -0.15) is 25.3 Å². The number of thiol groups is 2. The van der Waals surface area contributed by atoms with Gasteiger partial charge < -0.3 is 52.8 Å². The molecule has 7 amide bonds. The molecule has 20 heteroatoms. The van der Waals surface area contributed by atoms with Crippen LogP contribution < -0.4 is 37.6 Å². The Morgan fingerprint density at radius 1 is 0.740 bits per heavy atom. The zero-order valence-electron chi connectivity index (χ0n) is 27.5. The first kappa shape index (κ1) is 41.2. The van der Waals surface area contributed by atoms with E-state index in [1.165, 1.54) is 31.6 Å². The van der Waals surface area contributed by atoms with Crippen molar-refractivity contribution < 1.29 is 43.8 Å². The fourth-order valence-corrected chi connectivity index (χ4v) is 4.98. The Kier molecular flexibility index (Phi) is 16.4. The van der Waals surface area contributed by atoms with Gasteiger partial charge in [0.25, 0.3) is 0 Å². The highest BCUT2D eigenvalue weighted by Gasteiger charge is 2.33. The van der Waals surface area contributed by atoms with Crippen LogP contribution in [0.15, 0.2) is 36.8 Å². The molecule has 0 bridgehead atoms. The molecule has 1 heterocycles. The molecule has 0 aliphatic rings. The van der Waals surface area contributed by atoms with E-state index in [0.717, 1.165) is 0 Å². The number of primary amides is 1. The van der Waals surface area contributed by atoms with E-state index in [4.69, 9.17) is 10.8 Å². The second kappa shape index (κ2) is 19.9. The number of carboxylic acid groups (broad SMARTS) is 1. The van der Waals surface area contributed by atoms with Gasteiger partial charge in [0.1, 0.15) is 42.0 Å². The van der Waals surface area contributed by atoms with Gasteiger partial charge in [-0.05, 0) is 30.5 Å². The van der Waals surface area contributed by atoms with Crippen LogP contribution in [-0.4, -0.2) is 109 Å². The molecule has 0 aliphatic carbocycles. The topological polar surface area (TPSA) is 287 Å². The predicted molar refractivity (Wildman–Crippen MR) is 186 cm³/mol. The Balaban J connectivity index is 2.20. The van der Waals surface area contributed by atoms with Crippen molar-refractivity contribution in [2.24, 2.45) is 11.7 Å². The van der Waals surface area contributed by atoms with Crippen LogP contribution in [0.2, 0.25) is 0 Å². The minimum Gasteiger partial charge on any atom is -0.508 e. The quantitative estimate of drug-likeness (QED) is 0.0703. The molecule has 0 saturated heterocycles. The van der Waals surface area contributed by atoms with Crippen LogP contribution >= 0.6 is 25.3 Å². The van der Waals surface area contributed by atoms with Crippen molar-refractivity contribution in [3.05, 3.63) is 48.0 Å². The average Bonchev–Trinajstić information content (AvgIpc) is 3.57. The molecular weight excluding hydrogens is 695 g/mol. The maximum Gasteiger partial charge on any atom is 0.405 e. The van der Waals surface area contributed by atoms with E-state index in [2.05, 4.69) is 61.8 Å². The van der Waals surface area contributed by atoms with Crippen molar-refractivity contribution in [3.8, 4) is 5.75 Å². The monoisotopic (exact) mass is 737 g/mol. The molecule has 2 aromatic rings. The lowest BCUT2D eigenvalue weighted by Gasteiger charge is -2.28. The highest BCUT2D eigenvalue weighted by molar-refractivity contribution is 7.80.